The molecule has 1 aromatic carbocycles. The second-order valence-corrected chi connectivity index (χ2v) is 4.56. The van der Waals surface area contributed by atoms with E-state index in [9.17, 15) is 18.0 Å². The quantitative estimate of drug-likeness (QED) is 0.875. The standard InChI is InChI=1S/C13H15F3N2O2.ClH/c14-8-3-4-10(11(6-8)20-13(15)16)18-12(19)7-9-2-1-5-17-9;/h3-4,6,9,13,17H,1-2,5,7H2,(H,18,19);1H. The van der Waals surface area contributed by atoms with Gasteiger partial charge in [-0.2, -0.15) is 8.78 Å². The Morgan fingerprint density at radius 1 is 1.48 bits per heavy atom. The van der Waals surface area contributed by atoms with Crippen LogP contribution in [0.25, 0.3) is 0 Å². The molecule has 1 amide bonds. The molecule has 0 spiro atoms. The van der Waals surface area contributed by atoms with Gasteiger partial charge in [0.2, 0.25) is 5.91 Å². The maximum atomic E-state index is 13.0. The first kappa shape index (κ1) is 17.6. The third-order valence-corrected chi connectivity index (χ3v) is 3.03. The first-order chi connectivity index (χ1) is 9.54. The van der Waals surface area contributed by atoms with E-state index in [-0.39, 0.29) is 42.2 Å². The summed E-state index contributed by atoms with van der Waals surface area (Å²) in [4.78, 5) is 11.8. The monoisotopic (exact) mass is 324 g/mol. The predicted octanol–water partition coefficient (Wildman–Crippen LogP) is 2.93. The third-order valence-electron chi connectivity index (χ3n) is 3.03. The number of nitrogens with one attached hydrogen (secondary N) is 2. The van der Waals surface area contributed by atoms with Gasteiger partial charge in [-0.25, -0.2) is 4.39 Å². The number of amides is 1. The van der Waals surface area contributed by atoms with Crippen molar-refractivity contribution in [3.8, 4) is 5.75 Å². The van der Waals surface area contributed by atoms with E-state index in [4.69, 9.17) is 0 Å². The summed E-state index contributed by atoms with van der Waals surface area (Å²) in [6, 6.07) is 3.18. The second kappa shape index (κ2) is 8.09. The lowest BCUT2D eigenvalue weighted by molar-refractivity contribution is -0.116. The Hall–Kier alpha value is -1.47. The van der Waals surface area contributed by atoms with E-state index in [0.717, 1.165) is 31.5 Å². The van der Waals surface area contributed by atoms with Gasteiger partial charge in [-0.05, 0) is 31.5 Å². The van der Waals surface area contributed by atoms with Crippen LogP contribution in [0, 0.1) is 5.82 Å². The normalized spacial score (nSPS) is 17.4. The molecular weight excluding hydrogens is 309 g/mol. The van der Waals surface area contributed by atoms with Crippen molar-refractivity contribution in [1.29, 1.82) is 0 Å². The molecule has 21 heavy (non-hydrogen) atoms. The topological polar surface area (TPSA) is 50.4 Å². The molecule has 1 aromatic rings. The van der Waals surface area contributed by atoms with Crippen molar-refractivity contribution in [2.75, 3.05) is 11.9 Å². The van der Waals surface area contributed by atoms with E-state index in [1.165, 1.54) is 6.07 Å². The molecule has 1 unspecified atom stereocenters. The van der Waals surface area contributed by atoms with Gasteiger partial charge in [0.25, 0.3) is 0 Å². The van der Waals surface area contributed by atoms with Crippen molar-refractivity contribution in [3.05, 3.63) is 24.0 Å². The van der Waals surface area contributed by atoms with Crippen molar-refractivity contribution in [2.45, 2.75) is 31.9 Å². The molecule has 1 aliphatic heterocycles. The van der Waals surface area contributed by atoms with Gasteiger partial charge >= 0.3 is 6.61 Å². The zero-order chi connectivity index (χ0) is 14.5. The number of ether oxygens (including phenoxy) is 1. The molecule has 1 heterocycles. The van der Waals surface area contributed by atoms with E-state index in [2.05, 4.69) is 15.4 Å². The van der Waals surface area contributed by atoms with Gasteiger partial charge in [0, 0.05) is 18.5 Å². The van der Waals surface area contributed by atoms with Crippen LogP contribution in [0.3, 0.4) is 0 Å². The summed E-state index contributed by atoms with van der Waals surface area (Å²) in [5.74, 6) is -1.42. The third kappa shape index (κ3) is 5.43. The van der Waals surface area contributed by atoms with Gasteiger partial charge in [0.15, 0.2) is 5.75 Å². The van der Waals surface area contributed by atoms with Crippen molar-refractivity contribution in [1.82, 2.24) is 5.32 Å². The highest BCUT2D eigenvalue weighted by Crippen LogP contribution is 2.27. The molecule has 1 aliphatic rings. The lowest BCUT2D eigenvalue weighted by Crippen LogP contribution is -2.27. The molecule has 2 N–H and O–H groups in total. The van der Waals surface area contributed by atoms with E-state index < -0.39 is 12.4 Å². The average Bonchev–Trinajstić information content (AvgIpc) is 2.84. The number of rotatable bonds is 5. The number of hydrogen-bond acceptors (Lipinski definition) is 3. The molecule has 118 valence electrons. The SMILES string of the molecule is Cl.O=C(CC1CCCN1)Nc1ccc(F)cc1OC(F)F. The average molecular weight is 325 g/mol. The highest BCUT2D eigenvalue weighted by molar-refractivity contribution is 5.92. The maximum Gasteiger partial charge on any atom is 0.387 e. The van der Waals surface area contributed by atoms with Crippen LogP contribution in [0.1, 0.15) is 19.3 Å². The zero-order valence-corrected chi connectivity index (χ0v) is 11.9. The fourth-order valence-electron chi connectivity index (χ4n) is 2.15. The summed E-state index contributed by atoms with van der Waals surface area (Å²) in [5.41, 5.74) is 0.0368. The van der Waals surface area contributed by atoms with Gasteiger partial charge in [-0.1, -0.05) is 0 Å². The summed E-state index contributed by atoms with van der Waals surface area (Å²) >= 11 is 0. The van der Waals surface area contributed by atoms with E-state index in [1.807, 2.05) is 0 Å². The molecular formula is C13H16ClF3N2O2. The molecule has 8 heteroatoms. The number of benzene rings is 1. The van der Waals surface area contributed by atoms with Crippen LogP contribution in [0.2, 0.25) is 0 Å². The maximum absolute atomic E-state index is 13.0. The van der Waals surface area contributed by atoms with Crippen LogP contribution in [-0.4, -0.2) is 25.1 Å². The number of anilines is 1. The zero-order valence-electron chi connectivity index (χ0n) is 11.1. The Morgan fingerprint density at radius 3 is 2.86 bits per heavy atom. The largest absolute Gasteiger partial charge is 0.432 e. The number of hydrogen-bond donors (Lipinski definition) is 2. The van der Waals surface area contributed by atoms with E-state index in [0.29, 0.717) is 0 Å². The van der Waals surface area contributed by atoms with E-state index in [1.54, 1.807) is 0 Å². The summed E-state index contributed by atoms with van der Waals surface area (Å²) in [5, 5.41) is 5.62. The van der Waals surface area contributed by atoms with Gasteiger partial charge < -0.3 is 15.4 Å². The Morgan fingerprint density at radius 2 is 2.24 bits per heavy atom. The van der Waals surface area contributed by atoms with Crippen LogP contribution >= 0.6 is 12.4 Å². The first-order valence-corrected chi connectivity index (χ1v) is 6.32. The van der Waals surface area contributed by atoms with Crippen molar-refractivity contribution in [2.24, 2.45) is 0 Å². The Kier molecular flexibility index (Phi) is 6.77. The molecule has 0 radical (unpaired) electrons. The fourth-order valence-corrected chi connectivity index (χ4v) is 2.15. The minimum atomic E-state index is -3.08. The smallest absolute Gasteiger partial charge is 0.387 e. The van der Waals surface area contributed by atoms with Gasteiger partial charge in [0.05, 0.1) is 5.69 Å². The Labute approximate surface area is 126 Å². The summed E-state index contributed by atoms with van der Waals surface area (Å²) in [7, 11) is 0. The van der Waals surface area contributed by atoms with E-state index >= 15 is 0 Å². The van der Waals surface area contributed by atoms with Crippen molar-refractivity contribution >= 4 is 24.0 Å². The minimum Gasteiger partial charge on any atom is -0.432 e. The fraction of sp³-hybridized carbons (Fsp3) is 0.462. The number of halogens is 4. The van der Waals surface area contributed by atoms with Gasteiger partial charge in [-0.15, -0.1) is 12.4 Å². The Balaban J connectivity index is 0.00000220. The van der Waals surface area contributed by atoms with Crippen LogP contribution in [0.15, 0.2) is 18.2 Å². The molecule has 0 bridgehead atoms. The van der Waals surface area contributed by atoms with Crippen LogP contribution in [-0.2, 0) is 4.79 Å². The summed E-state index contributed by atoms with van der Waals surface area (Å²) in [6.07, 6.45) is 2.15. The Bertz CT molecular complexity index is 482. The van der Waals surface area contributed by atoms with Crippen molar-refractivity contribution < 1.29 is 22.7 Å². The van der Waals surface area contributed by atoms with Crippen LogP contribution in [0.4, 0.5) is 18.9 Å². The molecule has 2 rings (SSSR count). The van der Waals surface area contributed by atoms with Gasteiger partial charge in [-0.3, -0.25) is 4.79 Å². The molecule has 1 fully saturated rings. The lowest BCUT2D eigenvalue weighted by Gasteiger charge is -2.14. The molecule has 0 aliphatic carbocycles. The lowest BCUT2D eigenvalue weighted by atomic mass is 10.1. The summed E-state index contributed by atoms with van der Waals surface area (Å²) < 4.78 is 41.7. The number of carbonyl (C=O) groups excluding carboxylic acids is 1. The highest BCUT2D eigenvalue weighted by atomic mass is 35.5. The van der Waals surface area contributed by atoms with Crippen molar-refractivity contribution in [3.63, 3.8) is 0 Å². The van der Waals surface area contributed by atoms with Gasteiger partial charge in [0.1, 0.15) is 5.82 Å². The second-order valence-electron chi connectivity index (χ2n) is 4.56. The molecule has 1 atom stereocenters. The molecule has 1 saturated heterocycles. The summed E-state index contributed by atoms with van der Waals surface area (Å²) in [6.45, 7) is -2.21. The number of carbonyl (C=O) groups is 1. The predicted molar refractivity (Wildman–Crippen MR) is 74.6 cm³/mol. The van der Waals surface area contributed by atoms with Crippen LogP contribution in [0.5, 0.6) is 5.75 Å². The molecule has 0 aromatic heterocycles. The number of alkyl halides is 2. The first-order valence-electron chi connectivity index (χ1n) is 6.32. The highest BCUT2D eigenvalue weighted by Gasteiger charge is 2.19. The molecule has 0 saturated carbocycles. The molecule has 4 nitrogen and oxygen atoms in total. The van der Waals surface area contributed by atoms with Crippen LogP contribution < -0.4 is 15.4 Å². The minimum absolute atomic E-state index is 0.